The van der Waals surface area contributed by atoms with Gasteiger partial charge in [-0.2, -0.15) is 0 Å². The zero-order valence-electron chi connectivity index (χ0n) is 12.0. The Labute approximate surface area is 128 Å². The Morgan fingerprint density at radius 2 is 1.67 bits per heavy atom. The SMILES string of the molecule is Cc1cc(Oc2c(C)cc(Cl)cc2C)cc(C(=O)O)c1N. The van der Waals surface area contributed by atoms with Crippen LogP contribution in [0.15, 0.2) is 24.3 Å². The Kier molecular flexibility index (Phi) is 4.09. The number of carboxylic acids is 1. The second kappa shape index (κ2) is 5.66. The molecule has 2 aromatic rings. The van der Waals surface area contributed by atoms with Crippen LogP contribution in [0.4, 0.5) is 5.69 Å². The van der Waals surface area contributed by atoms with E-state index >= 15 is 0 Å². The summed E-state index contributed by atoms with van der Waals surface area (Å²) >= 11 is 5.99. The zero-order valence-corrected chi connectivity index (χ0v) is 12.8. The van der Waals surface area contributed by atoms with Crippen LogP contribution in [0, 0.1) is 20.8 Å². The lowest BCUT2D eigenvalue weighted by atomic mass is 10.1. The third kappa shape index (κ3) is 3.11. The number of nitrogen functional groups attached to an aromatic ring is 1. The molecule has 0 aliphatic carbocycles. The highest BCUT2D eigenvalue weighted by Gasteiger charge is 2.14. The lowest BCUT2D eigenvalue weighted by Crippen LogP contribution is -2.05. The normalized spacial score (nSPS) is 10.5. The summed E-state index contributed by atoms with van der Waals surface area (Å²) in [6.07, 6.45) is 0. The molecule has 0 bridgehead atoms. The van der Waals surface area contributed by atoms with E-state index < -0.39 is 5.97 Å². The largest absolute Gasteiger partial charge is 0.478 e. The molecule has 0 spiro atoms. The highest BCUT2D eigenvalue weighted by molar-refractivity contribution is 6.30. The van der Waals surface area contributed by atoms with E-state index in [1.807, 2.05) is 13.8 Å². The molecule has 0 aliphatic heterocycles. The van der Waals surface area contributed by atoms with Gasteiger partial charge in [-0.15, -0.1) is 0 Å². The third-order valence-electron chi connectivity index (χ3n) is 3.24. The van der Waals surface area contributed by atoms with Crippen LogP contribution >= 0.6 is 11.6 Å². The topological polar surface area (TPSA) is 72.5 Å². The summed E-state index contributed by atoms with van der Waals surface area (Å²) in [7, 11) is 0. The number of hydrogen-bond acceptors (Lipinski definition) is 3. The van der Waals surface area contributed by atoms with Gasteiger partial charge >= 0.3 is 5.97 Å². The van der Waals surface area contributed by atoms with Gasteiger partial charge in [-0.3, -0.25) is 0 Å². The van der Waals surface area contributed by atoms with E-state index in [9.17, 15) is 9.90 Å². The van der Waals surface area contributed by atoms with E-state index in [0.29, 0.717) is 22.1 Å². The fraction of sp³-hybridized carbons (Fsp3) is 0.188. The van der Waals surface area contributed by atoms with E-state index in [1.54, 1.807) is 25.1 Å². The van der Waals surface area contributed by atoms with Gasteiger partial charge in [0.1, 0.15) is 11.5 Å². The lowest BCUT2D eigenvalue weighted by molar-refractivity contribution is 0.0697. The molecular weight excluding hydrogens is 290 g/mol. The molecular formula is C16H16ClNO3. The van der Waals surface area contributed by atoms with Gasteiger partial charge in [0, 0.05) is 10.7 Å². The number of ether oxygens (including phenoxy) is 1. The summed E-state index contributed by atoms with van der Waals surface area (Å²) in [5.74, 6) is 0.0260. The maximum absolute atomic E-state index is 11.2. The van der Waals surface area contributed by atoms with Crippen LogP contribution in [0.25, 0.3) is 0 Å². The van der Waals surface area contributed by atoms with Crippen molar-refractivity contribution in [1.29, 1.82) is 0 Å². The molecule has 110 valence electrons. The average molecular weight is 306 g/mol. The van der Waals surface area contributed by atoms with Crippen molar-refractivity contribution in [2.45, 2.75) is 20.8 Å². The van der Waals surface area contributed by atoms with E-state index in [0.717, 1.165) is 11.1 Å². The predicted molar refractivity (Wildman–Crippen MR) is 83.6 cm³/mol. The van der Waals surface area contributed by atoms with Crippen LogP contribution in [0.5, 0.6) is 11.5 Å². The second-order valence-corrected chi connectivity index (χ2v) is 5.41. The van der Waals surface area contributed by atoms with Gasteiger partial charge in [-0.25, -0.2) is 4.79 Å². The first-order valence-corrected chi connectivity index (χ1v) is 6.75. The van der Waals surface area contributed by atoms with Gasteiger partial charge in [0.25, 0.3) is 0 Å². The molecule has 0 aromatic heterocycles. The molecule has 0 unspecified atom stereocenters. The first kappa shape index (κ1) is 15.2. The Morgan fingerprint density at radius 3 is 2.19 bits per heavy atom. The van der Waals surface area contributed by atoms with Gasteiger partial charge in [-0.05, 0) is 61.7 Å². The maximum Gasteiger partial charge on any atom is 0.337 e. The van der Waals surface area contributed by atoms with Gasteiger partial charge in [0.2, 0.25) is 0 Å². The van der Waals surface area contributed by atoms with Crippen molar-refractivity contribution in [1.82, 2.24) is 0 Å². The Hall–Kier alpha value is -2.20. The highest BCUT2D eigenvalue weighted by atomic mass is 35.5. The zero-order chi connectivity index (χ0) is 15.7. The number of halogens is 1. The van der Waals surface area contributed by atoms with Crippen molar-refractivity contribution in [2.75, 3.05) is 5.73 Å². The molecule has 2 rings (SSSR count). The van der Waals surface area contributed by atoms with Crippen molar-refractivity contribution in [2.24, 2.45) is 0 Å². The molecule has 0 radical (unpaired) electrons. The number of benzene rings is 2. The minimum atomic E-state index is -1.08. The lowest BCUT2D eigenvalue weighted by Gasteiger charge is -2.14. The molecule has 0 fully saturated rings. The van der Waals surface area contributed by atoms with Gasteiger partial charge in [-0.1, -0.05) is 11.6 Å². The molecule has 0 saturated carbocycles. The van der Waals surface area contributed by atoms with Crippen LogP contribution in [-0.2, 0) is 0 Å². The minimum Gasteiger partial charge on any atom is -0.478 e. The monoisotopic (exact) mass is 305 g/mol. The Balaban J connectivity index is 2.48. The molecule has 0 atom stereocenters. The molecule has 2 aromatic carbocycles. The maximum atomic E-state index is 11.2. The fourth-order valence-corrected chi connectivity index (χ4v) is 2.50. The number of nitrogens with two attached hydrogens (primary N) is 1. The minimum absolute atomic E-state index is 0.0364. The van der Waals surface area contributed by atoms with Crippen LogP contribution in [0.1, 0.15) is 27.0 Å². The molecule has 0 amide bonds. The molecule has 4 nitrogen and oxygen atoms in total. The van der Waals surface area contributed by atoms with Crippen LogP contribution in [-0.4, -0.2) is 11.1 Å². The quantitative estimate of drug-likeness (QED) is 0.827. The first-order chi connectivity index (χ1) is 9.79. The summed E-state index contributed by atoms with van der Waals surface area (Å²) in [6, 6.07) is 6.74. The van der Waals surface area contributed by atoms with E-state index in [-0.39, 0.29) is 11.3 Å². The number of hydrogen-bond donors (Lipinski definition) is 2. The standard InChI is InChI=1S/C16H16ClNO3/c1-8-6-12(7-13(14(8)18)16(19)20)21-15-9(2)4-11(17)5-10(15)3/h4-7H,18H2,1-3H3,(H,19,20). The van der Waals surface area contributed by atoms with Gasteiger partial charge < -0.3 is 15.6 Å². The van der Waals surface area contributed by atoms with Crippen LogP contribution in [0.2, 0.25) is 5.02 Å². The predicted octanol–water partition coefficient (Wildman–Crippen LogP) is 4.34. The summed E-state index contributed by atoms with van der Waals surface area (Å²) in [5, 5.41) is 9.81. The molecule has 21 heavy (non-hydrogen) atoms. The number of carboxylic acid groups (broad SMARTS) is 1. The number of aromatic carboxylic acids is 1. The Bertz CT molecular complexity index is 703. The van der Waals surface area contributed by atoms with E-state index in [4.69, 9.17) is 22.1 Å². The van der Waals surface area contributed by atoms with Crippen LogP contribution in [0.3, 0.4) is 0 Å². The average Bonchev–Trinajstić information content (AvgIpc) is 2.37. The highest BCUT2D eigenvalue weighted by Crippen LogP contribution is 2.33. The number of anilines is 1. The smallest absolute Gasteiger partial charge is 0.337 e. The number of rotatable bonds is 3. The fourth-order valence-electron chi connectivity index (χ4n) is 2.18. The van der Waals surface area contributed by atoms with Gasteiger partial charge in [0.05, 0.1) is 5.56 Å². The van der Waals surface area contributed by atoms with Crippen molar-refractivity contribution < 1.29 is 14.6 Å². The molecule has 0 aliphatic rings. The third-order valence-corrected chi connectivity index (χ3v) is 3.45. The summed E-state index contributed by atoms with van der Waals surface area (Å²) in [5.41, 5.74) is 8.48. The van der Waals surface area contributed by atoms with Crippen molar-refractivity contribution >= 4 is 23.3 Å². The van der Waals surface area contributed by atoms with Crippen molar-refractivity contribution in [3.63, 3.8) is 0 Å². The molecule has 0 heterocycles. The molecule has 3 N–H and O–H groups in total. The van der Waals surface area contributed by atoms with E-state index in [2.05, 4.69) is 0 Å². The summed E-state index contributed by atoms with van der Waals surface area (Å²) in [4.78, 5) is 11.2. The van der Waals surface area contributed by atoms with Crippen molar-refractivity contribution in [3.05, 3.63) is 51.5 Å². The molecule has 5 heteroatoms. The second-order valence-electron chi connectivity index (χ2n) is 4.98. The van der Waals surface area contributed by atoms with E-state index in [1.165, 1.54) is 6.07 Å². The summed E-state index contributed by atoms with van der Waals surface area (Å²) < 4.78 is 5.84. The first-order valence-electron chi connectivity index (χ1n) is 6.37. The van der Waals surface area contributed by atoms with Crippen molar-refractivity contribution in [3.8, 4) is 11.5 Å². The number of carbonyl (C=O) groups is 1. The van der Waals surface area contributed by atoms with Gasteiger partial charge in [0.15, 0.2) is 0 Å². The molecule has 0 saturated heterocycles. The summed E-state index contributed by atoms with van der Waals surface area (Å²) in [6.45, 7) is 5.52. The number of aryl methyl sites for hydroxylation is 3. The Morgan fingerprint density at radius 1 is 1.10 bits per heavy atom. The van der Waals surface area contributed by atoms with Crippen LogP contribution < -0.4 is 10.5 Å².